The van der Waals surface area contributed by atoms with E-state index in [4.69, 9.17) is 21.8 Å². The van der Waals surface area contributed by atoms with Gasteiger partial charge in [-0.1, -0.05) is 22.9 Å². The average Bonchev–Trinajstić information content (AvgIpc) is 2.79. The quantitative estimate of drug-likeness (QED) is 0.669. The number of rotatable bonds is 5. The highest BCUT2D eigenvalue weighted by molar-refractivity contribution is 7.22. The first-order chi connectivity index (χ1) is 9.99. The number of carbonyl (C=O) groups is 2. The normalized spacial score (nSPS) is 12.1. The van der Waals surface area contributed by atoms with Crippen LogP contribution in [0.15, 0.2) is 18.2 Å². The number of nitrogens with zero attached hydrogens (tertiary/aromatic N) is 1. The summed E-state index contributed by atoms with van der Waals surface area (Å²) in [6.07, 6.45) is -0.0712. The molecule has 0 aliphatic heterocycles. The number of carboxylic acids is 1. The fraction of sp³-hybridized carbons (Fsp3) is 0.250. The lowest BCUT2D eigenvalue weighted by Gasteiger charge is -2.12. The summed E-state index contributed by atoms with van der Waals surface area (Å²) in [5, 5.41) is 23.2. The van der Waals surface area contributed by atoms with Crippen molar-refractivity contribution in [2.45, 2.75) is 12.5 Å². The van der Waals surface area contributed by atoms with Gasteiger partial charge >= 0.3 is 12.0 Å². The zero-order valence-electron chi connectivity index (χ0n) is 10.7. The molecule has 0 radical (unpaired) electrons. The molecule has 112 valence electrons. The van der Waals surface area contributed by atoms with Gasteiger partial charge in [0.25, 0.3) is 0 Å². The molecule has 0 aliphatic carbocycles. The fourth-order valence-corrected chi connectivity index (χ4v) is 2.77. The second kappa shape index (κ2) is 6.70. The summed E-state index contributed by atoms with van der Waals surface area (Å²) >= 11 is 7.09. The number of carboxylic acid groups (broad SMARTS) is 1. The van der Waals surface area contributed by atoms with Gasteiger partial charge in [-0.05, 0) is 18.2 Å². The first kappa shape index (κ1) is 15.5. The molecule has 1 aromatic heterocycles. The Balaban J connectivity index is 2.05. The predicted octanol–water partition coefficient (Wildman–Crippen LogP) is 1.91. The van der Waals surface area contributed by atoms with E-state index in [0.717, 1.165) is 4.70 Å². The van der Waals surface area contributed by atoms with Gasteiger partial charge < -0.3 is 15.5 Å². The summed E-state index contributed by atoms with van der Waals surface area (Å²) in [7, 11) is 0. The van der Waals surface area contributed by atoms with Gasteiger partial charge in [-0.25, -0.2) is 14.6 Å². The number of thiazole rings is 1. The maximum atomic E-state index is 11.7. The van der Waals surface area contributed by atoms with Crippen LogP contribution < -0.4 is 10.6 Å². The maximum absolute atomic E-state index is 11.7. The lowest BCUT2D eigenvalue weighted by molar-refractivity contribution is -0.139. The number of fused-ring (bicyclic) bond motifs is 1. The molecule has 4 N–H and O–H groups in total. The van der Waals surface area contributed by atoms with Crippen LogP contribution in [0.5, 0.6) is 0 Å². The van der Waals surface area contributed by atoms with E-state index in [1.165, 1.54) is 11.3 Å². The van der Waals surface area contributed by atoms with Gasteiger partial charge in [0.15, 0.2) is 5.13 Å². The Hall–Kier alpha value is -1.90. The highest BCUT2D eigenvalue weighted by Crippen LogP contribution is 2.28. The van der Waals surface area contributed by atoms with Crippen molar-refractivity contribution < 1.29 is 19.8 Å². The first-order valence-electron chi connectivity index (χ1n) is 5.97. The molecule has 1 aromatic carbocycles. The molecule has 0 spiro atoms. The third-order valence-corrected chi connectivity index (χ3v) is 3.76. The van der Waals surface area contributed by atoms with Crippen LogP contribution in [0.4, 0.5) is 9.93 Å². The lowest BCUT2D eigenvalue weighted by Crippen LogP contribution is -2.43. The molecule has 1 unspecified atom stereocenters. The molecule has 2 aromatic rings. The number of urea groups is 1. The largest absolute Gasteiger partial charge is 0.480 e. The predicted molar refractivity (Wildman–Crippen MR) is 79.9 cm³/mol. The maximum Gasteiger partial charge on any atom is 0.326 e. The molecule has 0 aliphatic rings. The molecule has 0 bridgehead atoms. The van der Waals surface area contributed by atoms with Gasteiger partial charge in [0.05, 0.1) is 10.2 Å². The van der Waals surface area contributed by atoms with E-state index in [1.54, 1.807) is 18.2 Å². The highest BCUT2D eigenvalue weighted by Gasteiger charge is 2.19. The van der Waals surface area contributed by atoms with Crippen LogP contribution in [0, 0.1) is 0 Å². The SMILES string of the molecule is O=C(Nc1nc2ccc(Cl)cc2s1)NC(CCO)C(=O)O. The number of halogens is 1. The number of aliphatic carboxylic acids is 1. The number of anilines is 1. The van der Waals surface area contributed by atoms with Crippen molar-refractivity contribution in [1.82, 2.24) is 10.3 Å². The molecule has 0 saturated carbocycles. The Labute approximate surface area is 128 Å². The zero-order chi connectivity index (χ0) is 15.4. The van der Waals surface area contributed by atoms with Crippen LogP contribution in [-0.2, 0) is 4.79 Å². The number of nitrogens with one attached hydrogen (secondary N) is 2. The smallest absolute Gasteiger partial charge is 0.326 e. The number of aliphatic hydroxyl groups excluding tert-OH is 1. The summed E-state index contributed by atoms with van der Waals surface area (Å²) in [5.74, 6) is -1.21. The molecular weight excluding hydrogens is 318 g/mol. The molecule has 21 heavy (non-hydrogen) atoms. The number of aliphatic hydroxyl groups is 1. The van der Waals surface area contributed by atoms with Gasteiger partial charge in [-0.2, -0.15) is 0 Å². The first-order valence-corrected chi connectivity index (χ1v) is 7.16. The minimum atomic E-state index is -1.21. The van der Waals surface area contributed by atoms with Crippen molar-refractivity contribution in [1.29, 1.82) is 0 Å². The number of hydrogen-bond donors (Lipinski definition) is 4. The monoisotopic (exact) mass is 329 g/mol. The van der Waals surface area contributed by atoms with Crippen LogP contribution in [0.25, 0.3) is 10.2 Å². The fourth-order valence-electron chi connectivity index (χ4n) is 1.63. The summed E-state index contributed by atoms with van der Waals surface area (Å²) < 4.78 is 0.808. The van der Waals surface area contributed by atoms with Crippen molar-refractivity contribution in [3.05, 3.63) is 23.2 Å². The zero-order valence-corrected chi connectivity index (χ0v) is 12.2. The van der Waals surface area contributed by atoms with Crippen LogP contribution in [0.3, 0.4) is 0 Å². The number of benzene rings is 1. The van der Waals surface area contributed by atoms with Gasteiger partial charge in [0, 0.05) is 18.1 Å². The molecule has 2 rings (SSSR count). The molecule has 0 saturated heterocycles. The van der Waals surface area contributed by atoms with Gasteiger partial charge in [-0.15, -0.1) is 0 Å². The number of aromatic nitrogens is 1. The Morgan fingerprint density at radius 2 is 2.19 bits per heavy atom. The van der Waals surface area contributed by atoms with Gasteiger partial charge in [0.1, 0.15) is 6.04 Å². The van der Waals surface area contributed by atoms with Crippen LogP contribution in [0.1, 0.15) is 6.42 Å². The molecule has 1 heterocycles. The van der Waals surface area contributed by atoms with Crippen molar-refractivity contribution in [2.24, 2.45) is 0 Å². The second-order valence-corrected chi connectivity index (χ2v) is 5.60. The van der Waals surface area contributed by atoms with Crippen molar-refractivity contribution in [2.75, 3.05) is 11.9 Å². The molecule has 2 amide bonds. The van der Waals surface area contributed by atoms with Crippen molar-refractivity contribution >= 4 is 50.3 Å². The lowest BCUT2D eigenvalue weighted by atomic mass is 10.2. The Morgan fingerprint density at radius 3 is 2.86 bits per heavy atom. The summed E-state index contributed by atoms with van der Waals surface area (Å²) in [6.45, 7) is -0.336. The highest BCUT2D eigenvalue weighted by atomic mass is 35.5. The standard InChI is InChI=1S/C12H12ClN3O4S/c13-6-1-2-7-9(5-6)21-12(15-7)16-11(20)14-8(3-4-17)10(18)19/h1-2,5,8,17H,3-4H2,(H,18,19)(H2,14,15,16,20). The third kappa shape index (κ3) is 4.03. The molecule has 0 fully saturated rings. The summed E-state index contributed by atoms with van der Waals surface area (Å²) in [4.78, 5) is 26.8. The van der Waals surface area contributed by atoms with Crippen molar-refractivity contribution in [3.63, 3.8) is 0 Å². The minimum Gasteiger partial charge on any atom is -0.480 e. The molecule has 9 heteroatoms. The van der Waals surface area contributed by atoms with Crippen LogP contribution in [0.2, 0.25) is 5.02 Å². The van der Waals surface area contributed by atoms with E-state index in [1.807, 2.05) is 0 Å². The number of amides is 2. The topological polar surface area (TPSA) is 112 Å². The Morgan fingerprint density at radius 1 is 1.43 bits per heavy atom. The van der Waals surface area contributed by atoms with E-state index in [-0.39, 0.29) is 13.0 Å². The van der Waals surface area contributed by atoms with Gasteiger partial charge in [-0.3, -0.25) is 5.32 Å². The second-order valence-electron chi connectivity index (χ2n) is 4.13. The Kier molecular flexibility index (Phi) is 4.94. The summed E-state index contributed by atoms with van der Waals surface area (Å²) in [5.41, 5.74) is 0.685. The van der Waals surface area contributed by atoms with E-state index in [2.05, 4.69) is 15.6 Å². The number of hydrogen-bond acceptors (Lipinski definition) is 5. The molecule has 7 nitrogen and oxygen atoms in total. The van der Waals surface area contributed by atoms with Crippen molar-refractivity contribution in [3.8, 4) is 0 Å². The van der Waals surface area contributed by atoms with E-state index < -0.39 is 18.0 Å². The average molecular weight is 330 g/mol. The van der Waals surface area contributed by atoms with Crippen LogP contribution in [-0.4, -0.2) is 39.8 Å². The number of carbonyl (C=O) groups excluding carboxylic acids is 1. The van der Waals surface area contributed by atoms with E-state index in [0.29, 0.717) is 15.7 Å². The minimum absolute atomic E-state index is 0.0712. The van der Waals surface area contributed by atoms with E-state index >= 15 is 0 Å². The van der Waals surface area contributed by atoms with Crippen LogP contribution >= 0.6 is 22.9 Å². The Bertz CT molecular complexity index is 676. The van der Waals surface area contributed by atoms with E-state index in [9.17, 15) is 9.59 Å². The molecule has 1 atom stereocenters. The third-order valence-electron chi connectivity index (χ3n) is 2.59. The summed E-state index contributed by atoms with van der Waals surface area (Å²) in [6, 6.07) is 3.29. The molecular formula is C12H12ClN3O4S. The van der Waals surface area contributed by atoms with Gasteiger partial charge in [0.2, 0.25) is 0 Å².